The largest absolute Gasteiger partial charge is 0.505 e. The zero-order valence-electron chi connectivity index (χ0n) is 7.36. The molecule has 0 rings (SSSR count). The predicted octanol–water partition coefficient (Wildman–Crippen LogP) is 0.951. The third kappa shape index (κ3) is 7.83. The summed E-state index contributed by atoms with van der Waals surface area (Å²) in [5.41, 5.74) is 0. The maximum atomic E-state index is 10.0. The lowest BCUT2D eigenvalue weighted by molar-refractivity contribution is -0.0138. The van der Waals surface area contributed by atoms with Crippen molar-refractivity contribution in [3.63, 3.8) is 0 Å². The number of carbonyl (C=O) groups is 1. The zero-order chi connectivity index (χ0) is 10.1. The molecule has 0 saturated carbocycles. The molecule has 0 amide bonds. The molecule has 0 radical (unpaired) electrons. The Morgan fingerprint density at radius 1 is 1.54 bits per heavy atom. The summed E-state index contributed by atoms with van der Waals surface area (Å²) < 4.78 is 14.2. The van der Waals surface area contributed by atoms with Gasteiger partial charge in [0, 0.05) is 7.11 Å². The van der Waals surface area contributed by atoms with Gasteiger partial charge in [0.1, 0.15) is 12.7 Å². The Balaban J connectivity index is 3.45. The summed E-state index contributed by atoms with van der Waals surface area (Å²) in [6, 6.07) is 0. The van der Waals surface area contributed by atoms with Gasteiger partial charge < -0.3 is 19.3 Å². The Hall–Kier alpha value is -0.520. The molecule has 1 N–H and O–H groups in total. The molecule has 1 atom stereocenters. The fourth-order valence-electron chi connectivity index (χ4n) is 0.600. The molecule has 0 aliphatic carbocycles. The minimum Gasteiger partial charge on any atom is -0.450 e. The molecule has 0 heterocycles. The fourth-order valence-corrected chi connectivity index (χ4v) is 0.778. The Bertz CT molecular complexity index is 141. The van der Waals surface area contributed by atoms with Crippen LogP contribution in [-0.2, 0) is 14.2 Å². The van der Waals surface area contributed by atoms with E-state index in [9.17, 15) is 4.79 Å². The lowest BCUT2D eigenvalue weighted by Gasteiger charge is -2.13. The Labute approximate surface area is 81.5 Å². The van der Waals surface area contributed by atoms with E-state index in [1.54, 1.807) is 7.11 Å². The standard InChI is InChI=1S/C7H13ClO5/c1-11-2-3-12-6(4-8)5-13-7(9)10/h6H,2-5H2,1H3,(H,9,10). The van der Waals surface area contributed by atoms with E-state index in [1.807, 2.05) is 0 Å². The summed E-state index contributed by atoms with van der Waals surface area (Å²) in [6.07, 6.45) is -1.74. The first-order chi connectivity index (χ1) is 6.20. The molecule has 0 aliphatic rings. The second-order valence-electron chi connectivity index (χ2n) is 2.22. The van der Waals surface area contributed by atoms with Gasteiger partial charge in [-0.25, -0.2) is 4.79 Å². The SMILES string of the molecule is COCCOC(CCl)COC(=O)O. The van der Waals surface area contributed by atoms with Crippen LogP contribution in [-0.4, -0.2) is 50.2 Å². The number of hydrogen-bond acceptors (Lipinski definition) is 4. The molecular weight excluding hydrogens is 200 g/mol. The van der Waals surface area contributed by atoms with Crippen LogP contribution in [0, 0.1) is 0 Å². The van der Waals surface area contributed by atoms with Crippen molar-refractivity contribution in [2.45, 2.75) is 6.10 Å². The van der Waals surface area contributed by atoms with E-state index in [0.717, 1.165) is 0 Å². The van der Waals surface area contributed by atoms with E-state index < -0.39 is 12.3 Å². The first-order valence-electron chi connectivity index (χ1n) is 3.73. The number of methoxy groups -OCH3 is 1. The number of carboxylic acid groups (broad SMARTS) is 1. The van der Waals surface area contributed by atoms with E-state index in [1.165, 1.54) is 0 Å². The first kappa shape index (κ1) is 12.5. The van der Waals surface area contributed by atoms with Crippen LogP contribution >= 0.6 is 11.6 Å². The fraction of sp³-hybridized carbons (Fsp3) is 0.857. The van der Waals surface area contributed by atoms with Crippen molar-refractivity contribution >= 4 is 17.8 Å². The number of rotatable bonds is 7. The van der Waals surface area contributed by atoms with E-state index in [4.69, 9.17) is 26.2 Å². The molecule has 0 aromatic rings. The van der Waals surface area contributed by atoms with Gasteiger partial charge in [-0.05, 0) is 0 Å². The van der Waals surface area contributed by atoms with Crippen molar-refractivity contribution in [2.75, 3.05) is 32.8 Å². The molecule has 5 nitrogen and oxygen atoms in total. The molecule has 0 fully saturated rings. The molecule has 0 saturated heterocycles. The van der Waals surface area contributed by atoms with Gasteiger partial charge >= 0.3 is 6.16 Å². The molecule has 0 bridgehead atoms. The van der Waals surface area contributed by atoms with Crippen molar-refractivity contribution in [1.29, 1.82) is 0 Å². The van der Waals surface area contributed by atoms with Gasteiger partial charge in [-0.15, -0.1) is 11.6 Å². The molecule has 0 aromatic heterocycles. The quantitative estimate of drug-likeness (QED) is 0.387. The summed E-state index contributed by atoms with van der Waals surface area (Å²) in [7, 11) is 1.55. The Morgan fingerprint density at radius 2 is 2.23 bits per heavy atom. The smallest absolute Gasteiger partial charge is 0.450 e. The van der Waals surface area contributed by atoms with Crippen LogP contribution in [0.2, 0.25) is 0 Å². The molecule has 0 aromatic carbocycles. The topological polar surface area (TPSA) is 65.0 Å². The van der Waals surface area contributed by atoms with Crippen molar-refractivity contribution in [1.82, 2.24) is 0 Å². The Morgan fingerprint density at radius 3 is 2.69 bits per heavy atom. The highest BCUT2D eigenvalue weighted by Crippen LogP contribution is 1.97. The summed E-state index contributed by atoms with van der Waals surface area (Å²) in [5, 5.41) is 8.18. The molecule has 78 valence electrons. The van der Waals surface area contributed by atoms with E-state index >= 15 is 0 Å². The number of alkyl halides is 1. The third-order valence-corrected chi connectivity index (χ3v) is 1.55. The second-order valence-corrected chi connectivity index (χ2v) is 2.53. The monoisotopic (exact) mass is 212 g/mol. The highest BCUT2D eigenvalue weighted by molar-refractivity contribution is 6.18. The summed E-state index contributed by atoms with van der Waals surface area (Å²) in [5.74, 6) is 0.191. The van der Waals surface area contributed by atoms with Crippen LogP contribution in [0.1, 0.15) is 0 Å². The predicted molar refractivity (Wildman–Crippen MR) is 46.3 cm³/mol. The van der Waals surface area contributed by atoms with Crippen LogP contribution in [0.4, 0.5) is 4.79 Å². The maximum Gasteiger partial charge on any atom is 0.505 e. The Kier molecular flexibility index (Phi) is 7.77. The average molecular weight is 213 g/mol. The van der Waals surface area contributed by atoms with Crippen molar-refractivity contribution in [2.24, 2.45) is 0 Å². The highest BCUT2D eigenvalue weighted by atomic mass is 35.5. The second kappa shape index (κ2) is 8.10. The summed E-state index contributed by atoms with van der Waals surface area (Å²) >= 11 is 5.49. The third-order valence-electron chi connectivity index (χ3n) is 1.21. The number of halogens is 1. The van der Waals surface area contributed by atoms with Gasteiger partial charge in [-0.2, -0.15) is 0 Å². The highest BCUT2D eigenvalue weighted by Gasteiger charge is 2.10. The van der Waals surface area contributed by atoms with Gasteiger partial charge in [0.05, 0.1) is 19.1 Å². The van der Waals surface area contributed by atoms with Crippen LogP contribution < -0.4 is 0 Å². The molecule has 13 heavy (non-hydrogen) atoms. The number of hydrogen-bond donors (Lipinski definition) is 1. The molecule has 0 aliphatic heterocycles. The molecule has 1 unspecified atom stereocenters. The zero-order valence-corrected chi connectivity index (χ0v) is 8.12. The van der Waals surface area contributed by atoms with Crippen LogP contribution in [0.15, 0.2) is 0 Å². The summed E-state index contributed by atoms with van der Waals surface area (Å²) in [4.78, 5) is 10.0. The van der Waals surface area contributed by atoms with Gasteiger partial charge in [0.2, 0.25) is 0 Å². The lowest BCUT2D eigenvalue weighted by Crippen LogP contribution is -2.24. The maximum absolute atomic E-state index is 10.0. The van der Waals surface area contributed by atoms with Crippen LogP contribution in [0.3, 0.4) is 0 Å². The molecular formula is C7H13ClO5. The summed E-state index contributed by atoms with van der Waals surface area (Å²) in [6.45, 7) is 0.764. The van der Waals surface area contributed by atoms with Crippen LogP contribution in [0.25, 0.3) is 0 Å². The van der Waals surface area contributed by atoms with E-state index in [-0.39, 0.29) is 12.5 Å². The normalized spacial score (nSPS) is 12.5. The van der Waals surface area contributed by atoms with Crippen molar-refractivity contribution < 1.29 is 24.1 Å². The molecule has 0 spiro atoms. The van der Waals surface area contributed by atoms with E-state index in [2.05, 4.69) is 4.74 Å². The van der Waals surface area contributed by atoms with Crippen molar-refractivity contribution in [3.05, 3.63) is 0 Å². The minimum atomic E-state index is -1.33. The van der Waals surface area contributed by atoms with Crippen molar-refractivity contribution in [3.8, 4) is 0 Å². The van der Waals surface area contributed by atoms with Gasteiger partial charge in [0.15, 0.2) is 0 Å². The lowest BCUT2D eigenvalue weighted by atomic mass is 10.4. The van der Waals surface area contributed by atoms with Gasteiger partial charge in [-0.3, -0.25) is 0 Å². The van der Waals surface area contributed by atoms with Crippen LogP contribution in [0.5, 0.6) is 0 Å². The minimum absolute atomic E-state index is 0.0530. The number of ether oxygens (including phenoxy) is 3. The average Bonchev–Trinajstić information content (AvgIpc) is 2.10. The van der Waals surface area contributed by atoms with E-state index in [0.29, 0.717) is 13.2 Å². The van der Waals surface area contributed by atoms with Gasteiger partial charge in [0.25, 0.3) is 0 Å². The van der Waals surface area contributed by atoms with Gasteiger partial charge in [-0.1, -0.05) is 0 Å². The first-order valence-corrected chi connectivity index (χ1v) is 4.26. The molecule has 6 heteroatoms.